The highest BCUT2D eigenvalue weighted by Gasteiger charge is 2.35. The van der Waals surface area contributed by atoms with Gasteiger partial charge < -0.3 is 0 Å². The molecule has 33 heavy (non-hydrogen) atoms. The van der Waals surface area contributed by atoms with E-state index in [4.69, 9.17) is 0 Å². The van der Waals surface area contributed by atoms with Crippen molar-refractivity contribution in [3.8, 4) is 0 Å². The van der Waals surface area contributed by atoms with E-state index >= 15 is 0 Å². The summed E-state index contributed by atoms with van der Waals surface area (Å²) >= 11 is 0. The Bertz CT molecular complexity index is 1360. The molecule has 0 radical (unpaired) electrons. The molecule has 0 N–H and O–H groups in total. The smallest absolute Gasteiger partial charge is 0.242 e. The summed E-state index contributed by atoms with van der Waals surface area (Å²) in [6, 6.07) is 12.6. The summed E-state index contributed by atoms with van der Waals surface area (Å²) in [5.74, 6) is 0. The van der Waals surface area contributed by atoms with Crippen molar-refractivity contribution in [1.29, 1.82) is 0 Å². The van der Waals surface area contributed by atoms with Crippen LogP contribution in [0.3, 0.4) is 0 Å². The van der Waals surface area contributed by atoms with Crippen molar-refractivity contribution in [2.45, 2.75) is 63.6 Å². The van der Waals surface area contributed by atoms with Crippen LogP contribution in [0.1, 0.15) is 57.4 Å². The highest BCUT2D eigenvalue weighted by Crippen LogP contribution is 2.39. The lowest BCUT2D eigenvalue weighted by molar-refractivity contribution is 0.392. The van der Waals surface area contributed by atoms with E-state index in [1.54, 1.807) is 18.3 Å². The van der Waals surface area contributed by atoms with Crippen LogP contribution in [0.5, 0.6) is 0 Å². The number of aromatic nitrogens is 1. The van der Waals surface area contributed by atoms with E-state index in [1.165, 1.54) is 3.97 Å². The van der Waals surface area contributed by atoms with E-state index in [-0.39, 0.29) is 10.9 Å². The third-order valence-electron chi connectivity index (χ3n) is 5.94. The van der Waals surface area contributed by atoms with Gasteiger partial charge in [0.25, 0.3) is 10.0 Å². The van der Waals surface area contributed by atoms with Gasteiger partial charge in [-0.1, -0.05) is 41.5 Å². The van der Waals surface area contributed by atoms with Crippen LogP contribution in [0.15, 0.2) is 65.2 Å². The van der Waals surface area contributed by atoms with Crippen molar-refractivity contribution in [3.63, 3.8) is 0 Å². The fourth-order valence-corrected chi connectivity index (χ4v) is 7.10. The molecule has 0 amide bonds. The number of hydrogen-bond donors (Lipinski definition) is 0. The van der Waals surface area contributed by atoms with Gasteiger partial charge in [0, 0.05) is 18.1 Å². The van der Waals surface area contributed by atoms with Crippen molar-refractivity contribution in [3.05, 3.63) is 77.0 Å². The van der Waals surface area contributed by atoms with Crippen LogP contribution in [0.4, 0.5) is 0 Å². The first kappa shape index (κ1) is 23.9. The maximum absolute atomic E-state index is 13.6. The zero-order valence-corrected chi connectivity index (χ0v) is 21.8. The minimum absolute atomic E-state index is 0.196. The quantitative estimate of drug-likeness (QED) is 0.459. The SMILES string of the molecule is CC(C)=C[C@@H]1c2cccc3c2c(cn3S(=O)(=O)c2ccc(C)cc2)CCN1[S@@](=O)C(C)(C)C. The molecule has 5 nitrogen and oxygen atoms in total. The second-order valence-electron chi connectivity index (χ2n) is 9.95. The Labute approximate surface area is 199 Å². The summed E-state index contributed by atoms with van der Waals surface area (Å²) in [6.07, 6.45) is 4.52. The minimum atomic E-state index is -3.74. The molecule has 176 valence electrons. The Balaban J connectivity index is 1.94. The maximum Gasteiger partial charge on any atom is 0.268 e. The number of nitrogens with zero attached hydrogens (tertiary/aromatic N) is 2. The lowest BCUT2D eigenvalue weighted by atomic mass is 9.99. The molecule has 1 aliphatic heterocycles. The van der Waals surface area contributed by atoms with Crippen molar-refractivity contribution in [2.24, 2.45) is 0 Å². The van der Waals surface area contributed by atoms with Crippen LogP contribution in [-0.4, -0.2) is 32.2 Å². The number of benzene rings is 2. The Hall–Kier alpha value is -2.22. The molecule has 0 unspecified atom stereocenters. The third kappa shape index (κ3) is 4.34. The van der Waals surface area contributed by atoms with E-state index in [2.05, 4.69) is 10.4 Å². The summed E-state index contributed by atoms with van der Waals surface area (Å²) in [7, 11) is -4.95. The standard InChI is InChI=1S/C26H32N2O3S2/c1-18(2)16-24-22-8-7-9-23-25(22)20(14-15-27(24)32(29)26(4,5)6)17-28(23)33(30,31)21-12-10-19(3)11-13-21/h7-13,16-17,24H,14-15H2,1-6H3/t24-,32+/m1/s1. The zero-order valence-electron chi connectivity index (χ0n) is 20.1. The van der Waals surface area contributed by atoms with Crippen LogP contribution in [0.25, 0.3) is 10.9 Å². The van der Waals surface area contributed by atoms with Gasteiger partial charge in [-0.3, -0.25) is 0 Å². The van der Waals surface area contributed by atoms with Crippen LogP contribution >= 0.6 is 0 Å². The van der Waals surface area contributed by atoms with Gasteiger partial charge in [-0.15, -0.1) is 0 Å². The molecule has 0 saturated heterocycles. The number of allylic oxidation sites excluding steroid dienone is 1. The Morgan fingerprint density at radius 1 is 1.09 bits per heavy atom. The van der Waals surface area contributed by atoms with Gasteiger partial charge >= 0.3 is 0 Å². The van der Waals surface area contributed by atoms with Crippen LogP contribution < -0.4 is 0 Å². The Kier molecular flexibility index (Phi) is 6.18. The van der Waals surface area contributed by atoms with E-state index in [0.717, 1.165) is 27.6 Å². The average Bonchev–Trinajstić information content (AvgIpc) is 3.04. The van der Waals surface area contributed by atoms with E-state index in [1.807, 2.05) is 71.9 Å². The molecule has 2 aromatic carbocycles. The summed E-state index contributed by atoms with van der Waals surface area (Å²) in [5, 5.41) is 0.948. The minimum Gasteiger partial charge on any atom is -0.242 e. The normalized spacial score (nSPS) is 18.2. The van der Waals surface area contributed by atoms with Gasteiger partial charge in [0.15, 0.2) is 0 Å². The first-order valence-electron chi connectivity index (χ1n) is 11.2. The largest absolute Gasteiger partial charge is 0.268 e. The van der Waals surface area contributed by atoms with Crippen LogP contribution in [0.2, 0.25) is 0 Å². The maximum atomic E-state index is 13.6. The van der Waals surface area contributed by atoms with Gasteiger partial charge in [-0.05, 0) is 77.3 Å². The molecule has 0 aliphatic carbocycles. The number of aryl methyl sites for hydroxylation is 1. The predicted molar refractivity (Wildman–Crippen MR) is 136 cm³/mol. The molecule has 1 aromatic heterocycles. The second kappa shape index (κ2) is 8.53. The molecule has 0 bridgehead atoms. The monoisotopic (exact) mass is 484 g/mol. The molecule has 0 saturated carbocycles. The van der Waals surface area contributed by atoms with Gasteiger partial charge in [0.2, 0.25) is 0 Å². The third-order valence-corrected chi connectivity index (χ3v) is 9.51. The summed E-state index contributed by atoms with van der Waals surface area (Å²) in [4.78, 5) is 0.273. The van der Waals surface area contributed by atoms with Crippen molar-refractivity contribution in [1.82, 2.24) is 8.28 Å². The zero-order chi connectivity index (χ0) is 24.1. The van der Waals surface area contributed by atoms with Gasteiger partial charge in [0.05, 0.1) is 21.2 Å². The van der Waals surface area contributed by atoms with E-state index < -0.39 is 25.8 Å². The fraction of sp³-hybridized carbons (Fsp3) is 0.385. The van der Waals surface area contributed by atoms with Gasteiger partial charge in [-0.25, -0.2) is 20.9 Å². The molecule has 2 atom stereocenters. The lowest BCUT2D eigenvalue weighted by Gasteiger charge is -2.33. The van der Waals surface area contributed by atoms with Crippen molar-refractivity contribution >= 4 is 31.9 Å². The number of rotatable bonds is 4. The van der Waals surface area contributed by atoms with E-state index in [9.17, 15) is 12.6 Å². The topological polar surface area (TPSA) is 59.4 Å². The first-order chi connectivity index (χ1) is 15.4. The molecular formula is C26H32N2O3S2. The second-order valence-corrected chi connectivity index (χ2v) is 14.0. The molecule has 2 heterocycles. The molecular weight excluding hydrogens is 452 g/mol. The first-order valence-corrected chi connectivity index (χ1v) is 13.7. The molecule has 4 rings (SSSR count). The molecule has 1 aliphatic rings. The fourth-order valence-electron chi connectivity index (χ4n) is 4.38. The highest BCUT2D eigenvalue weighted by molar-refractivity contribution is 7.90. The number of hydrogen-bond acceptors (Lipinski definition) is 3. The Morgan fingerprint density at radius 3 is 2.36 bits per heavy atom. The molecule has 3 aromatic rings. The molecule has 0 fully saturated rings. The summed E-state index contributed by atoms with van der Waals surface area (Å²) < 4.78 is 43.7. The molecule has 7 heteroatoms. The van der Waals surface area contributed by atoms with Crippen molar-refractivity contribution < 1.29 is 12.6 Å². The van der Waals surface area contributed by atoms with Gasteiger partial charge in [0.1, 0.15) is 11.0 Å². The van der Waals surface area contributed by atoms with Crippen LogP contribution in [0, 0.1) is 6.92 Å². The van der Waals surface area contributed by atoms with E-state index in [0.29, 0.717) is 18.5 Å². The van der Waals surface area contributed by atoms with Crippen LogP contribution in [-0.2, 0) is 27.4 Å². The summed E-state index contributed by atoms with van der Waals surface area (Å²) in [6.45, 7) is 12.6. The average molecular weight is 485 g/mol. The van der Waals surface area contributed by atoms with Gasteiger partial charge in [-0.2, -0.15) is 0 Å². The highest BCUT2D eigenvalue weighted by atomic mass is 32.2. The molecule has 0 spiro atoms. The van der Waals surface area contributed by atoms with Crippen molar-refractivity contribution in [2.75, 3.05) is 6.54 Å². The Morgan fingerprint density at radius 2 is 1.76 bits per heavy atom. The lowest BCUT2D eigenvalue weighted by Crippen LogP contribution is -2.40. The predicted octanol–water partition coefficient (Wildman–Crippen LogP) is 5.51. The summed E-state index contributed by atoms with van der Waals surface area (Å²) in [5.41, 5.74) is 4.77.